The monoisotopic (exact) mass is 344 g/mol. The van der Waals surface area contributed by atoms with E-state index < -0.39 is 17.4 Å². The molecule has 0 aliphatic heterocycles. The molecule has 19 heavy (non-hydrogen) atoms. The van der Waals surface area contributed by atoms with E-state index in [9.17, 15) is 13.6 Å². The fraction of sp³-hybridized carbons (Fsp3) is 0.0714. The van der Waals surface area contributed by atoms with Crippen LogP contribution >= 0.6 is 27.5 Å². The molecule has 0 spiro atoms. The Labute approximate surface area is 122 Å². The Morgan fingerprint density at radius 2 is 1.89 bits per heavy atom. The van der Waals surface area contributed by atoms with E-state index in [4.69, 9.17) is 11.6 Å². The highest BCUT2D eigenvalue weighted by Gasteiger charge is 2.18. The zero-order valence-corrected chi connectivity index (χ0v) is 12.1. The number of hydrogen-bond acceptors (Lipinski definition) is 1. The van der Waals surface area contributed by atoms with E-state index in [1.54, 1.807) is 12.1 Å². The van der Waals surface area contributed by atoms with Gasteiger partial charge in [-0.1, -0.05) is 23.7 Å². The van der Waals surface area contributed by atoms with Crippen LogP contribution < -0.4 is 0 Å². The fourth-order valence-corrected chi connectivity index (χ4v) is 2.27. The molecule has 0 aliphatic carbocycles. The van der Waals surface area contributed by atoms with E-state index in [0.29, 0.717) is 10.6 Å². The lowest BCUT2D eigenvalue weighted by atomic mass is 10.0. The van der Waals surface area contributed by atoms with Gasteiger partial charge in [0, 0.05) is 16.1 Å². The van der Waals surface area contributed by atoms with E-state index in [-0.39, 0.29) is 10.0 Å². The summed E-state index contributed by atoms with van der Waals surface area (Å²) in [6.07, 6.45) is 0. The predicted molar refractivity (Wildman–Crippen MR) is 73.7 cm³/mol. The van der Waals surface area contributed by atoms with Crippen LogP contribution in [0.5, 0.6) is 0 Å². The predicted octanol–water partition coefficient (Wildman–Crippen LogP) is 4.92. The number of carbonyl (C=O) groups is 1. The summed E-state index contributed by atoms with van der Waals surface area (Å²) < 4.78 is 26.2. The van der Waals surface area contributed by atoms with E-state index >= 15 is 0 Å². The molecule has 0 heterocycles. The quantitative estimate of drug-likeness (QED) is 0.558. The van der Waals surface area contributed by atoms with Crippen LogP contribution in [0.3, 0.4) is 0 Å². The second-order valence-corrected chi connectivity index (χ2v) is 5.22. The van der Waals surface area contributed by atoms with Crippen LogP contribution in [-0.2, 0) is 0 Å². The van der Waals surface area contributed by atoms with E-state index in [2.05, 4.69) is 15.9 Å². The number of aryl methyl sites for hydroxylation is 1. The maximum atomic E-state index is 13.4. The van der Waals surface area contributed by atoms with Gasteiger partial charge in [0.05, 0.1) is 4.47 Å². The number of benzene rings is 2. The molecule has 0 aliphatic rings. The normalized spacial score (nSPS) is 10.6. The van der Waals surface area contributed by atoms with Crippen molar-refractivity contribution >= 4 is 33.3 Å². The molecule has 0 N–H and O–H groups in total. The van der Waals surface area contributed by atoms with E-state index in [0.717, 1.165) is 11.6 Å². The molecule has 0 bridgehead atoms. The minimum atomic E-state index is -1.08. The Balaban J connectivity index is 2.50. The van der Waals surface area contributed by atoms with E-state index in [1.807, 2.05) is 6.92 Å². The van der Waals surface area contributed by atoms with E-state index in [1.165, 1.54) is 12.1 Å². The van der Waals surface area contributed by atoms with Crippen molar-refractivity contribution in [3.8, 4) is 0 Å². The van der Waals surface area contributed by atoms with Crippen molar-refractivity contribution in [2.45, 2.75) is 6.92 Å². The minimum Gasteiger partial charge on any atom is -0.289 e. The highest BCUT2D eigenvalue weighted by molar-refractivity contribution is 9.10. The van der Waals surface area contributed by atoms with Gasteiger partial charge in [-0.05, 0) is 46.6 Å². The average molecular weight is 346 g/mol. The summed E-state index contributed by atoms with van der Waals surface area (Å²) in [5.41, 5.74) is 1.21. The van der Waals surface area contributed by atoms with Crippen LogP contribution in [0.1, 0.15) is 21.5 Å². The van der Waals surface area contributed by atoms with Crippen molar-refractivity contribution in [2.24, 2.45) is 0 Å². The van der Waals surface area contributed by atoms with Crippen LogP contribution in [0.2, 0.25) is 5.02 Å². The van der Waals surface area contributed by atoms with Gasteiger partial charge in [-0.25, -0.2) is 8.78 Å². The highest BCUT2D eigenvalue weighted by atomic mass is 79.9. The lowest BCUT2D eigenvalue weighted by Gasteiger charge is -2.07. The summed E-state index contributed by atoms with van der Waals surface area (Å²) in [6.45, 7) is 1.81. The topological polar surface area (TPSA) is 17.1 Å². The third-order valence-corrected chi connectivity index (χ3v) is 3.90. The number of carbonyl (C=O) groups excluding carboxylic acids is 1. The average Bonchev–Trinajstić information content (AvgIpc) is 2.39. The van der Waals surface area contributed by atoms with Gasteiger partial charge < -0.3 is 0 Å². The first-order valence-corrected chi connectivity index (χ1v) is 6.53. The van der Waals surface area contributed by atoms with Crippen molar-refractivity contribution in [1.29, 1.82) is 0 Å². The first-order chi connectivity index (χ1) is 8.91. The molecular formula is C14H8BrClF2O. The summed E-state index contributed by atoms with van der Waals surface area (Å²) in [4.78, 5) is 12.2. The van der Waals surface area contributed by atoms with Crippen LogP contribution in [0, 0.1) is 18.6 Å². The molecule has 5 heteroatoms. The van der Waals surface area contributed by atoms with Crippen molar-refractivity contribution < 1.29 is 13.6 Å². The van der Waals surface area contributed by atoms with Crippen molar-refractivity contribution in [3.63, 3.8) is 0 Å². The van der Waals surface area contributed by atoms with Gasteiger partial charge in [-0.3, -0.25) is 4.79 Å². The molecule has 0 radical (unpaired) electrons. The third-order valence-electron chi connectivity index (χ3n) is 2.71. The molecule has 0 saturated heterocycles. The molecule has 2 aromatic rings. The van der Waals surface area contributed by atoms with Crippen LogP contribution in [0.25, 0.3) is 0 Å². The standard InChI is InChI=1S/C14H8BrClF2O/c1-7-2-3-8(6-10(7)16)14(19)9-4-5-11(17)13(18)12(9)15/h2-6H,1H3. The molecule has 0 unspecified atom stereocenters. The second kappa shape index (κ2) is 5.39. The Morgan fingerprint density at radius 1 is 1.21 bits per heavy atom. The van der Waals surface area contributed by atoms with Gasteiger partial charge in [-0.15, -0.1) is 0 Å². The molecular weight excluding hydrogens is 338 g/mol. The van der Waals surface area contributed by atoms with Crippen LogP contribution in [-0.4, -0.2) is 5.78 Å². The molecule has 1 nitrogen and oxygen atoms in total. The lowest BCUT2D eigenvalue weighted by molar-refractivity contribution is 0.103. The zero-order valence-electron chi connectivity index (χ0n) is 9.81. The Morgan fingerprint density at radius 3 is 2.53 bits per heavy atom. The fourth-order valence-electron chi connectivity index (χ4n) is 1.59. The Hall–Kier alpha value is -1.26. The smallest absolute Gasteiger partial charge is 0.194 e. The molecule has 98 valence electrons. The van der Waals surface area contributed by atoms with Gasteiger partial charge in [-0.2, -0.15) is 0 Å². The maximum absolute atomic E-state index is 13.4. The molecule has 2 aromatic carbocycles. The van der Waals surface area contributed by atoms with Crippen molar-refractivity contribution in [3.05, 3.63) is 68.2 Å². The van der Waals surface area contributed by atoms with Crippen molar-refractivity contribution in [2.75, 3.05) is 0 Å². The highest BCUT2D eigenvalue weighted by Crippen LogP contribution is 2.26. The van der Waals surface area contributed by atoms with Gasteiger partial charge in [0.15, 0.2) is 17.4 Å². The summed E-state index contributed by atoms with van der Waals surface area (Å²) in [5, 5.41) is 0.449. The molecule has 0 amide bonds. The lowest BCUT2D eigenvalue weighted by Crippen LogP contribution is -2.04. The van der Waals surface area contributed by atoms with Gasteiger partial charge in [0.1, 0.15) is 0 Å². The zero-order chi connectivity index (χ0) is 14.2. The molecule has 0 fully saturated rings. The number of rotatable bonds is 2. The molecule has 0 saturated carbocycles. The summed E-state index contributed by atoms with van der Waals surface area (Å²) in [5.74, 6) is -2.51. The molecule has 2 rings (SSSR count). The maximum Gasteiger partial charge on any atom is 0.194 e. The summed E-state index contributed by atoms with van der Waals surface area (Å²) in [6, 6.07) is 6.95. The minimum absolute atomic E-state index is 0.0545. The largest absolute Gasteiger partial charge is 0.289 e. The Kier molecular flexibility index (Phi) is 4.02. The number of hydrogen-bond donors (Lipinski definition) is 0. The van der Waals surface area contributed by atoms with Crippen LogP contribution in [0.15, 0.2) is 34.8 Å². The number of ketones is 1. The van der Waals surface area contributed by atoms with Gasteiger partial charge >= 0.3 is 0 Å². The second-order valence-electron chi connectivity index (χ2n) is 4.02. The third kappa shape index (κ3) is 2.69. The molecule has 0 atom stereocenters. The number of halogens is 4. The van der Waals surface area contributed by atoms with Gasteiger partial charge in [0.2, 0.25) is 0 Å². The van der Waals surface area contributed by atoms with Crippen molar-refractivity contribution in [1.82, 2.24) is 0 Å². The van der Waals surface area contributed by atoms with Crippen LogP contribution in [0.4, 0.5) is 8.78 Å². The summed E-state index contributed by atoms with van der Waals surface area (Å²) >= 11 is 8.84. The summed E-state index contributed by atoms with van der Waals surface area (Å²) in [7, 11) is 0. The van der Waals surface area contributed by atoms with Gasteiger partial charge in [0.25, 0.3) is 0 Å². The SMILES string of the molecule is Cc1ccc(C(=O)c2ccc(F)c(F)c2Br)cc1Cl. The first-order valence-electron chi connectivity index (χ1n) is 5.36. The molecule has 0 aromatic heterocycles. The Bertz CT molecular complexity index is 671. The first kappa shape index (κ1) is 14.2.